The van der Waals surface area contributed by atoms with E-state index in [1.807, 2.05) is 18.2 Å². The van der Waals surface area contributed by atoms with E-state index in [2.05, 4.69) is 24.8 Å². The molecule has 6 N–H and O–H groups in total. The van der Waals surface area contributed by atoms with Crippen LogP contribution in [0.1, 0.15) is 35.6 Å². The summed E-state index contributed by atoms with van der Waals surface area (Å²) in [5.41, 5.74) is 6.07. The molecule has 0 aliphatic rings. The van der Waals surface area contributed by atoms with Crippen LogP contribution in [0.2, 0.25) is 0 Å². The number of carbonyl (C=O) groups is 1. The summed E-state index contributed by atoms with van der Waals surface area (Å²) in [5.74, 6) is -2.46. The Morgan fingerprint density at radius 1 is 0.897 bits per heavy atom. The second kappa shape index (κ2) is 10.1. The Morgan fingerprint density at radius 3 is 1.97 bits per heavy atom. The maximum atomic E-state index is 11.3. The molecule has 0 heterocycles. The van der Waals surface area contributed by atoms with E-state index < -0.39 is 11.9 Å². The second-order valence-corrected chi connectivity index (χ2v) is 6.79. The fourth-order valence-electron chi connectivity index (χ4n) is 2.77. The van der Waals surface area contributed by atoms with Gasteiger partial charge in [-0.2, -0.15) is 0 Å². The quantitative estimate of drug-likeness (QED) is 0.524. The van der Waals surface area contributed by atoms with Gasteiger partial charge in [0.25, 0.3) is 0 Å². The highest BCUT2D eigenvalue weighted by molar-refractivity contribution is 5.74. The molecule has 3 aromatic rings. The van der Waals surface area contributed by atoms with Crippen molar-refractivity contribution in [2.24, 2.45) is 0 Å². The lowest BCUT2D eigenvalue weighted by Crippen LogP contribution is -2.51. The molecule has 3 rings (SSSR count). The molecule has 0 saturated carbocycles. The third kappa shape index (κ3) is 6.55. The number of carboxylic acid groups (broad SMARTS) is 1. The predicted octanol–water partition coefficient (Wildman–Crippen LogP) is 1.87. The highest BCUT2D eigenvalue weighted by Crippen LogP contribution is 2.29. The number of aliphatic carboxylic acids is 1. The Kier molecular flexibility index (Phi) is 7.62. The van der Waals surface area contributed by atoms with Crippen LogP contribution in [0.15, 0.2) is 72.8 Å². The van der Waals surface area contributed by atoms with Crippen molar-refractivity contribution in [2.45, 2.75) is 25.3 Å². The highest BCUT2D eigenvalue weighted by Gasteiger charge is 2.16. The summed E-state index contributed by atoms with van der Waals surface area (Å²) < 4.78 is 0. The van der Waals surface area contributed by atoms with Gasteiger partial charge in [0.2, 0.25) is 0 Å². The molecule has 6 nitrogen and oxygen atoms in total. The van der Waals surface area contributed by atoms with Gasteiger partial charge < -0.3 is 31.0 Å². The van der Waals surface area contributed by atoms with Gasteiger partial charge in [-0.25, -0.2) is 0 Å². The van der Waals surface area contributed by atoms with E-state index in [4.69, 9.17) is 0 Å². The van der Waals surface area contributed by atoms with E-state index in [0.29, 0.717) is 17.2 Å². The van der Waals surface area contributed by atoms with Gasteiger partial charge in [-0.1, -0.05) is 48.5 Å². The largest absolute Gasteiger partial charge is 0.549 e. The lowest BCUT2D eigenvalue weighted by atomic mass is 9.91. The third-order valence-corrected chi connectivity index (χ3v) is 4.44. The first-order valence-electron chi connectivity index (χ1n) is 9.16. The highest BCUT2D eigenvalue weighted by atomic mass is 16.4. The van der Waals surface area contributed by atoms with E-state index in [0.717, 1.165) is 6.07 Å². The van der Waals surface area contributed by atoms with Crippen molar-refractivity contribution in [3.63, 3.8) is 0 Å². The van der Waals surface area contributed by atoms with E-state index in [1.165, 1.54) is 42.0 Å². The number of rotatable bonds is 5. The van der Waals surface area contributed by atoms with E-state index in [9.17, 15) is 25.2 Å². The number of phenolic OH excluding ortho intramolecular Hbond substituents is 3. The lowest BCUT2D eigenvalue weighted by molar-refractivity contribution is -0.420. The van der Waals surface area contributed by atoms with Gasteiger partial charge in [0.15, 0.2) is 0 Å². The first-order valence-corrected chi connectivity index (χ1v) is 9.16. The first kappa shape index (κ1) is 21.8. The molecular formula is C23H25NO5. The van der Waals surface area contributed by atoms with E-state index in [-0.39, 0.29) is 23.7 Å². The number of hydrogen-bond acceptors (Lipinski definition) is 5. The van der Waals surface area contributed by atoms with Crippen molar-refractivity contribution in [3.05, 3.63) is 89.5 Å². The predicted molar refractivity (Wildman–Crippen MR) is 107 cm³/mol. The van der Waals surface area contributed by atoms with Gasteiger partial charge in [0.1, 0.15) is 23.3 Å². The monoisotopic (exact) mass is 395 g/mol. The topological polar surface area (TPSA) is 128 Å². The van der Waals surface area contributed by atoms with Gasteiger partial charge in [0.05, 0.1) is 0 Å². The minimum Gasteiger partial charge on any atom is -0.549 e. The van der Waals surface area contributed by atoms with Crippen LogP contribution in [0.25, 0.3) is 0 Å². The van der Waals surface area contributed by atoms with E-state index in [1.54, 1.807) is 0 Å². The van der Waals surface area contributed by atoms with Gasteiger partial charge in [-0.15, -0.1) is 0 Å². The standard InChI is InChI=1S/C15H14O5.C8H11N/c16-11-4-1-9(2-5-11)13(15(19)20)7-10-3-6-12(17)8-14(10)18;1-7(9)8-5-3-2-4-6-8/h1-6,8,13,16-18H,7H2,(H,19,20);2-7H,9H2,1H3/t13-;7-/m01/s1. The van der Waals surface area contributed by atoms with Crippen molar-refractivity contribution in [2.75, 3.05) is 0 Å². The number of carboxylic acids is 1. The molecule has 0 fully saturated rings. The number of phenols is 3. The van der Waals surface area contributed by atoms with Crippen molar-refractivity contribution < 1.29 is 31.0 Å². The minimum absolute atomic E-state index is 0.0270. The summed E-state index contributed by atoms with van der Waals surface area (Å²) in [6.45, 7) is 2.09. The fourth-order valence-corrected chi connectivity index (χ4v) is 2.77. The number of carbonyl (C=O) groups excluding carboxylic acids is 1. The average Bonchev–Trinajstić information content (AvgIpc) is 2.69. The third-order valence-electron chi connectivity index (χ3n) is 4.44. The summed E-state index contributed by atoms with van der Waals surface area (Å²) in [5, 5.41) is 39.4. The number of benzene rings is 3. The Labute approximate surface area is 169 Å². The number of quaternary nitrogens is 1. The Bertz CT molecular complexity index is 924. The number of hydrogen-bond donors (Lipinski definition) is 4. The fraction of sp³-hybridized carbons (Fsp3) is 0.174. The molecule has 0 aromatic heterocycles. The molecule has 29 heavy (non-hydrogen) atoms. The molecule has 6 heteroatoms. The van der Waals surface area contributed by atoms with Gasteiger partial charge in [-0.05, 0) is 42.7 Å². The van der Waals surface area contributed by atoms with Crippen molar-refractivity contribution in [1.29, 1.82) is 0 Å². The summed E-state index contributed by atoms with van der Waals surface area (Å²) in [6.07, 6.45) is 0.0270. The van der Waals surface area contributed by atoms with Crippen LogP contribution in [0.3, 0.4) is 0 Å². The molecule has 0 unspecified atom stereocenters. The van der Waals surface area contributed by atoms with Crippen molar-refractivity contribution >= 4 is 5.97 Å². The van der Waals surface area contributed by atoms with Crippen LogP contribution in [0.4, 0.5) is 0 Å². The average molecular weight is 395 g/mol. The van der Waals surface area contributed by atoms with Crippen LogP contribution < -0.4 is 10.8 Å². The van der Waals surface area contributed by atoms with Crippen LogP contribution in [-0.2, 0) is 11.2 Å². The molecule has 0 spiro atoms. The summed E-state index contributed by atoms with van der Waals surface area (Å²) in [4.78, 5) is 11.3. The molecule has 0 amide bonds. The summed E-state index contributed by atoms with van der Waals surface area (Å²) in [7, 11) is 0. The molecule has 3 aromatic carbocycles. The first-order chi connectivity index (χ1) is 13.8. The van der Waals surface area contributed by atoms with Gasteiger partial charge in [-0.3, -0.25) is 0 Å². The van der Waals surface area contributed by atoms with Crippen LogP contribution >= 0.6 is 0 Å². The van der Waals surface area contributed by atoms with Crippen LogP contribution in [0, 0.1) is 0 Å². The Balaban J connectivity index is 0.000000278. The Hall–Kier alpha value is -3.51. The summed E-state index contributed by atoms with van der Waals surface area (Å²) >= 11 is 0. The van der Waals surface area contributed by atoms with Gasteiger partial charge >= 0.3 is 0 Å². The van der Waals surface area contributed by atoms with Crippen molar-refractivity contribution in [1.82, 2.24) is 0 Å². The van der Waals surface area contributed by atoms with Crippen molar-refractivity contribution in [3.8, 4) is 17.2 Å². The molecule has 152 valence electrons. The minimum atomic E-state index is -1.27. The molecule has 0 bridgehead atoms. The molecule has 0 saturated heterocycles. The molecule has 0 aliphatic heterocycles. The lowest BCUT2D eigenvalue weighted by Gasteiger charge is -2.19. The number of aromatic hydroxyl groups is 3. The van der Waals surface area contributed by atoms with Crippen LogP contribution in [-0.4, -0.2) is 21.3 Å². The maximum Gasteiger partial charge on any atom is 0.122 e. The SMILES string of the molecule is C[C@@H]([NH3+])c1ccccc1.O=C([O-])[C@@H](Cc1ccc(O)cc1O)c1ccc(O)cc1. The van der Waals surface area contributed by atoms with Crippen LogP contribution in [0.5, 0.6) is 17.2 Å². The second-order valence-electron chi connectivity index (χ2n) is 6.79. The zero-order chi connectivity index (χ0) is 21.4. The zero-order valence-corrected chi connectivity index (χ0v) is 16.2. The van der Waals surface area contributed by atoms with E-state index >= 15 is 0 Å². The summed E-state index contributed by atoms with van der Waals surface area (Å²) in [6, 6.07) is 20.4. The normalized spacial score (nSPS) is 12.3. The Morgan fingerprint density at radius 2 is 1.48 bits per heavy atom. The zero-order valence-electron chi connectivity index (χ0n) is 16.2. The maximum absolute atomic E-state index is 11.3. The molecule has 0 radical (unpaired) electrons. The molecule has 0 aliphatic carbocycles. The van der Waals surface area contributed by atoms with Gasteiger partial charge in [0, 0.05) is 23.5 Å². The molecule has 2 atom stereocenters. The smallest absolute Gasteiger partial charge is 0.122 e. The molecular weight excluding hydrogens is 370 g/mol.